The smallest absolute Gasteiger partial charge is 0.248 e. The number of unbranched alkanes of at least 4 members (excludes halogenated alkanes) is 1. The molecule has 3 aliphatic rings. The first-order valence-corrected chi connectivity index (χ1v) is 15.8. The van der Waals surface area contributed by atoms with Crippen molar-refractivity contribution in [2.75, 3.05) is 34.4 Å². The van der Waals surface area contributed by atoms with Crippen LogP contribution in [0.5, 0.6) is 0 Å². The first-order chi connectivity index (χ1) is 17.4. The van der Waals surface area contributed by atoms with E-state index in [9.17, 15) is 13.2 Å². The number of sulfone groups is 1. The molecule has 0 aliphatic carbocycles. The van der Waals surface area contributed by atoms with Crippen LogP contribution in [-0.4, -0.2) is 55.4 Å². The van der Waals surface area contributed by atoms with Crippen molar-refractivity contribution < 1.29 is 13.2 Å². The second-order valence-electron chi connectivity index (χ2n) is 10.2. The fraction of sp³-hybridized carbons (Fsp3) is 0.500. The molecule has 0 aromatic heterocycles. The van der Waals surface area contributed by atoms with Gasteiger partial charge in [0, 0.05) is 36.1 Å². The van der Waals surface area contributed by atoms with Crippen molar-refractivity contribution in [1.82, 2.24) is 0 Å². The predicted octanol–water partition coefficient (Wildman–Crippen LogP) is 4.94. The standard InChI is InChI=1S/C28H35N3O3S2/c1-2-3-9-27(32)29-28-31(25-19-36(33,34)20-26(25)35-28)24-12-10-23(11-13-24)30-16-14-22(15-17-30)18-21-7-5-4-6-8-21/h4-8,10-13,22,25-26H,2-3,9,14-20H2,1H3/t25-,26+/m0/s1. The van der Waals surface area contributed by atoms with Crippen LogP contribution in [0.15, 0.2) is 59.6 Å². The highest BCUT2D eigenvalue weighted by Crippen LogP contribution is 2.41. The van der Waals surface area contributed by atoms with Crippen molar-refractivity contribution in [3.05, 3.63) is 60.2 Å². The van der Waals surface area contributed by atoms with Crippen LogP contribution in [0.2, 0.25) is 0 Å². The van der Waals surface area contributed by atoms with E-state index in [4.69, 9.17) is 0 Å². The van der Waals surface area contributed by atoms with Crippen molar-refractivity contribution >= 4 is 44.0 Å². The van der Waals surface area contributed by atoms with Gasteiger partial charge in [-0.15, -0.1) is 0 Å². The van der Waals surface area contributed by atoms with Gasteiger partial charge in [-0.2, -0.15) is 4.99 Å². The normalized spacial score (nSPS) is 24.9. The molecule has 2 aromatic carbocycles. The van der Waals surface area contributed by atoms with Crippen molar-refractivity contribution in [3.63, 3.8) is 0 Å². The minimum absolute atomic E-state index is 0.0731. The summed E-state index contributed by atoms with van der Waals surface area (Å²) in [6, 6.07) is 19.0. The monoisotopic (exact) mass is 525 g/mol. The number of benzene rings is 2. The SMILES string of the molecule is CCCCC(=O)N=C1S[C@@H]2CS(=O)(=O)C[C@@H]2N1c1ccc(N2CCC(Cc3ccccc3)CC2)cc1. The number of hydrogen-bond donors (Lipinski definition) is 0. The maximum absolute atomic E-state index is 12.4. The van der Waals surface area contributed by atoms with E-state index >= 15 is 0 Å². The average molecular weight is 526 g/mol. The lowest BCUT2D eigenvalue weighted by Gasteiger charge is -2.34. The molecule has 2 aromatic rings. The van der Waals surface area contributed by atoms with Gasteiger partial charge in [-0.3, -0.25) is 4.79 Å². The number of amidine groups is 1. The summed E-state index contributed by atoms with van der Waals surface area (Å²) in [4.78, 5) is 21.3. The quantitative estimate of drug-likeness (QED) is 0.510. The molecule has 2 atom stereocenters. The molecule has 8 heteroatoms. The Morgan fingerprint density at radius 3 is 2.39 bits per heavy atom. The Morgan fingerprint density at radius 1 is 1.00 bits per heavy atom. The summed E-state index contributed by atoms with van der Waals surface area (Å²) in [5.74, 6) is 0.859. The van der Waals surface area contributed by atoms with Crippen molar-refractivity contribution in [2.45, 2.75) is 56.7 Å². The van der Waals surface area contributed by atoms with E-state index in [-0.39, 0.29) is 28.7 Å². The molecule has 0 unspecified atom stereocenters. The molecular weight excluding hydrogens is 490 g/mol. The summed E-state index contributed by atoms with van der Waals surface area (Å²) in [7, 11) is -3.08. The topological polar surface area (TPSA) is 70.0 Å². The number of carbonyl (C=O) groups is 1. The van der Waals surface area contributed by atoms with Gasteiger partial charge < -0.3 is 9.80 Å². The van der Waals surface area contributed by atoms with E-state index in [0.717, 1.165) is 44.0 Å². The molecular formula is C28H35N3O3S2. The van der Waals surface area contributed by atoms with Crippen LogP contribution >= 0.6 is 11.8 Å². The van der Waals surface area contributed by atoms with E-state index in [1.54, 1.807) is 0 Å². The summed E-state index contributed by atoms with van der Waals surface area (Å²) >= 11 is 1.45. The van der Waals surface area contributed by atoms with Crippen LogP contribution in [0.25, 0.3) is 0 Å². The highest BCUT2D eigenvalue weighted by molar-refractivity contribution is 8.16. The molecule has 36 heavy (non-hydrogen) atoms. The molecule has 192 valence electrons. The zero-order chi connectivity index (χ0) is 25.1. The first-order valence-electron chi connectivity index (χ1n) is 13.1. The second-order valence-corrected chi connectivity index (χ2v) is 13.6. The Bertz CT molecular complexity index is 1190. The van der Waals surface area contributed by atoms with Gasteiger partial charge >= 0.3 is 0 Å². The van der Waals surface area contributed by atoms with Gasteiger partial charge in [0.05, 0.1) is 17.5 Å². The Labute approximate surface area is 219 Å². The van der Waals surface area contributed by atoms with Gasteiger partial charge in [0.25, 0.3) is 0 Å². The van der Waals surface area contributed by atoms with Crippen molar-refractivity contribution in [2.24, 2.45) is 10.9 Å². The molecule has 5 rings (SSSR count). The van der Waals surface area contributed by atoms with Gasteiger partial charge in [-0.1, -0.05) is 55.4 Å². The molecule has 0 saturated carbocycles. The largest absolute Gasteiger partial charge is 0.372 e. The summed E-state index contributed by atoms with van der Waals surface area (Å²) in [5.41, 5.74) is 3.52. The minimum atomic E-state index is -3.08. The van der Waals surface area contributed by atoms with Gasteiger partial charge in [0.15, 0.2) is 15.0 Å². The molecule has 0 radical (unpaired) electrons. The third kappa shape index (κ3) is 5.80. The third-order valence-electron chi connectivity index (χ3n) is 7.51. The second kappa shape index (κ2) is 11.0. The van der Waals surface area contributed by atoms with Gasteiger partial charge in [0.2, 0.25) is 5.91 Å². The minimum Gasteiger partial charge on any atom is -0.372 e. The number of hydrogen-bond acceptors (Lipinski definition) is 5. The van der Waals surface area contributed by atoms with Crippen LogP contribution in [0, 0.1) is 5.92 Å². The molecule has 6 nitrogen and oxygen atoms in total. The molecule has 3 heterocycles. The Hall–Kier alpha value is -2.32. The van der Waals surface area contributed by atoms with Gasteiger partial charge in [-0.25, -0.2) is 8.42 Å². The van der Waals surface area contributed by atoms with Crippen LogP contribution < -0.4 is 9.80 Å². The summed E-state index contributed by atoms with van der Waals surface area (Å²) in [6.07, 6.45) is 5.70. The molecule has 3 saturated heterocycles. The lowest BCUT2D eigenvalue weighted by molar-refractivity contribution is -0.117. The summed E-state index contributed by atoms with van der Waals surface area (Å²) in [5, 5.41) is 0.575. The number of fused-ring (bicyclic) bond motifs is 1. The van der Waals surface area contributed by atoms with Crippen LogP contribution in [0.3, 0.4) is 0 Å². The number of aliphatic imine (C=N–C) groups is 1. The van der Waals surface area contributed by atoms with Crippen molar-refractivity contribution in [1.29, 1.82) is 0 Å². The highest BCUT2D eigenvalue weighted by Gasteiger charge is 2.49. The number of nitrogens with zero attached hydrogens (tertiary/aromatic N) is 3. The zero-order valence-electron chi connectivity index (χ0n) is 20.9. The van der Waals surface area contributed by atoms with Gasteiger partial charge in [0.1, 0.15) is 0 Å². The highest BCUT2D eigenvalue weighted by atomic mass is 32.2. The maximum atomic E-state index is 12.4. The summed E-state index contributed by atoms with van der Waals surface area (Å²) in [6.45, 7) is 4.13. The summed E-state index contributed by atoms with van der Waals surface area (Å²) < 4.78 is 24.7. The number of carbonyl (C=O) groups excluding carboxylic acids is 1. The maximum Gasteiger partial charge on any atom is 0.248 e. The molecule has 0 bridgehead atoms. The number of rotatable bonds is 7. The lowest BCUT2D eigenvalue weighted by atomic mass is 9.90. The zero-order valence-corrected chi connectivity index (χ0v) is 22.5. The Morgan fingerprint density at radius 2 is 1.69 bits per heavy atom. The van der Waals surface area contributed by atoms with Crippen LogP contribution in [0.4, 0.5) is 11.4 Å². The first kappa shape index (κ1) is 25.3. The number of piperidine rings is 1. The number of anilines is 2. The Kier molecular flexibility index (Phi) is 7.72. The third-order valence-corrected chi connectivity index (χ3v) is 10.7. The van der Waals surface area contributed by atoms with Gasteiger partial charge in [-0.05, 0) is 61.4 Å². The lowest BCUT2D eigenvalue weighted by Crippen LogP contribution is -2.38. The molecule has 3 fully saturated rings. The molecule has 0 N–H and O–H groups in total. The van der Waals surface area contributed by atoms with Crippen LogP contribution in [0.1, 0.15) is 44.6 Å². The van der Waals surface area contributed by atoms with Crippen molar-refractivity contribution in [3.8, 4) is 0 Å². The number of amides is 1. The van der Waals surface area contributed by atoms with Crippen LogP contribution in [-0.2, 0) is 21.1 Å². The molecule has 0 spiro atoms. The van der Waals surface area contributed by atoms with E-state index in [1.807, 2.05) is 4.90 Å². The fourth-order valence-corrected chi connectivity index (χ4v) is 9.45. The predicted molar refractivity (Wildman–Crippen MR) is 150 cm³/mol. The van der Waals surface area contributed by atoms with E-state index in [0.29, 0.717) is 11.6 Å². The van der Waals surface area contributed by atoms with E-state index in [2.05, 4.69) is 71.4 Å². The Balaban J connectivity index is 1.27. The molecule has 1 amide bonds. The fourth-order valence-electron chi connectivity index (χ4n) is 5.52. The van der Waals surface area contributed by atoms with E-state index < -0.39 is 9.84 Å². The van der Waals surface area contributed by atoms with E-state index in [1.165, 1.54) is 35.9 Å². The number of thioether (sulfide) groups is 1. The molecule has 3 aliphatic heterocycles. The average Bonchev–Trinajstić information content (AvgIpc) is 3.34.